The van der Waals surface area contributed by atoms with E-state index >= 15 is 0 Å². The van der Waals surface area contributed by atoms with Gasteiger partial charge in [-0.3, -0.25) is 9.59 Å². The topological polar surface area (TPSA) is 84.9 Å². The molecule has 4 rings (SSSR count). The number of hydrogen-bond acceptors (Lipinski definition) is 3. The molecule has 0 spiro atoms. The van der Waals surface area contributed by atoms with Crippen LogP contribution in [-0.2, 0) is 4.79 Å². The van der Waals surface area contributed by atoms with E-state index in [1.54, 1.807) is 30.3 Å². The first-order valence-corrected chi connectivity index (χ1v) is 10.3. The summed E-state index contributed by atoms with van der Waals surface area (Å²) in [5.74, 6) is -0.994. The first-order chi connectivity index (χ1) is 14.4. The second-order valence-corrected chi connectivity index (χ2v) is 8.07. The Labute approximate surface area is 174 Å². The van der Waals surface area contributed by atoms with Gasteiger partial charge in [-0.05, 0) is 79.0 Å². The lowest BCUT2D eigenvalue weighted by Crippen LogP contribution is -2.22. The Balaban J connectivity index is 1.60. The van der Waals surface area contributed by atoms with Crippen molar-refractivity contribution >= 4 is 11.8 Å². The Morgan fingerprint density at radius 3 is 2.80 bits per heavy atom. The van der Waals surface area contributed by atoms with Gasteiger partial charge in [-0.25, -0.2) is 4.39 Å². The van der Waals surface area contributed by atoms with Crippen molar-refractivity contribution in [3.63, 3.8) is 0 Å². The van der Waals surface area contributed by atoms with Crippen LogP contribution in [0.5, 0.6) is 0 Å². The summed E-state index contributed by atoms with van der Waals surface area (Å²) in [4.78, 5) is 23.5. The van der Waals surface area contributed by atoms with Crippen LogP contribution in [0.25, 0.3) is 11.1 Å². The predicted octanol–water partition coefficient (Wildman–Crippen LogP) is 5.32. The van der Waals surface area contributed by atoms with E-state index in [0.29, 0.717) is 23.1 Å². The molecule has 0 bridgehead atoms. The number of primary amides is 1. The fraction of sp³-hybridized carbons (Fsp3) is 0.333. The molecule has 1 aliphatic carbocycles. The smallest absolute Gasteiger partial charge is 0.291 e. The predicted molar refractivity (Wildman–Crippen MR) is 113 cm³/mol. The molecule has 2 aromatic rings. The van der Waals surface area contributed by atoms with Crippen LogP contribution >= 0.6 is 0 Å². The molecule has 0 fully saturated rings. The van der Waals surface area contributed by atoms with Crippen LogP contribution in [0.15, 0.2) is 63.8 Å². The summed E-state index contributed by atoms with van der Waals surface area (Å²) in [5, 5.41) is 8.15. The summed E-state index contributed by atoms with van der Waals surface area (Å²) < 4.78 is 14.6. The Kier molecular flexibility index (Phi) is 5.57. The highest BCUT2D eigenvalue weighted by Crippen LogP contribution is 2.37. The van der Waals surface area contributed by atoms with E-state index in [4.69, 9.17) is 5.73 Å². The highest BCUT2D eigenvalue weighted by Gasteiger charge is 2.30. The van der Waals surface area contributed by atoms with Crippen LogP contribution in [0.3, 0.4) is 0 Å². The molecule has 30 heavy (non-hydrogen) atoms. The minimum absolute atomic E-state index is 0.0940. The summed E-state index contributed by atoms with van der Waals surface area (Å²) >= 11 is 0. The summed E-state index contributed by atoms with van der Waals surface area (Å²) in [6.45, 7) is 2.08. The SMILES string of the molecule is CC(CC1N=NC(=O)C2=C1CCCC2)c1ccc(F)c(-c2cccc(C(N)=O)c2)c1. The van der Waals surface area contributed by atoms with E-state index in [2.05, 4.69) is 17.2 Å². The number of halogens is 1. The van der Waals surface area contributed by atoms with Crippen molar-refractivity contribution in [1.82, 2.24) is 0 Å². The Bertz CT molecular complexity index is 1070. The van der Waals surface area contributed by atoms with Gasteiger partial charge >= 0.3 is 0 Å². The first kappa shape index (κ1) is 20.1. The van der Waals surface area contributed by atoms with E-state index in [0.717, 1.165) is 42.4 Å². The molecule has 2 atom stereocenters. The van der Waals surface area contributed by atoms with E-state index in [1.807, 2.05) is 6.07 Å². The second kappa shape index (κ2) is 8.30. The van der Waals surface area contributed by atoms with Gasteiger partial charge in [0, 0.05) is 16.7 Å². The van der Waals surface area contributed by atoms with Crippen molar-refractivity contribution < 1.29 is 14.0 Å². The number of hydrogen-bond donors (Lipinski definition) is 1. The van der Waals surface area contributed by atoms with E-state index in [1.165, 1.54) is 6.07 Å². The quantitative estimate of drug-likeness (QED) is 0.730. The molecule has 5 nitrogen and oxygen atoms in total. The van der Waals surface area contributed by atoms with E-state index in [9.17, 15) is 14.0 Å². The van der Waals surface area contributed by atoms with Gasteiger partial charge in [0.2, 0.25) is 5.91 Å². The molecule has 154 valence electrons. The average Bonchev–Trinajstić information content (AvgIpc) is 2.76. The van der Waals surface area contributed by atoms with Crippen molar-refractivity contribution in [2.24, 2.45) is 16.0 Å². The highest BCUT2D eigenvalue weighted by molar-refractivity contribution is 5.95. The van der Waals surface area contributed by atoms with Crippen molar-refractivity contribution in [2.75, 3.05) is 0 Å². The molecule has 2 unspecified atom stereocenters. The van der Waals surface area contributed by atoms with E-state index < -0.39 is 5.91 Å². The summed E-state index contributed by atoms with van der Waals surface area (Å²) in [6, 6.07) is 11.6. The zero-order chi connectivity index (χ0) is 21.3. The van der Waals surface area contributed by atoms with Crippen molar-refractivity contribution in [2.45, 2.75) is 51.0 Å². The number of carbonyl (C=O) groups excluding carboxylic acids is 2. The second-order valence-electron chi connectivity index (χ2n) is 8.07. The van der Waals surface area contributed by atoms with Gasteiger partial charge in [0.1, 0.15) is 5.82 Å². The molecule has 0 saturated heterocycles. The lowest BCUT2D eigenvalue weighted by atomic mass is 9.82. The van der Waals surface area contributed by atoms with Crippen LogP contribution in [0.1, 0.15) is 60.9 Å². The Morgan fingerprint density at radius 2 is 2.00 bits per heavy atom. The molecule has 1 aliphatic heterocycles. The van der Waals surface area contributed by atoms with Gasteiger partial charge in [-0.15, -0.1) is 5.11 Å². The highest BCUT2D eigenvalue weighted by atomic mass is 19.1. The number of amides is 2. The lowest BCUT2D eigenvalue weighted by molar-refractivity contribution is -0.115. The first-order valence-electron chi connectivity index (χ1n) is 10.3. The zero-order valence-corrected chi connectivity index (χ0v) is 16.9. The summed E-state index contributed by atoms with van der Waals surface area (Å²) in [5.41, 5.74) is 9.69. The number of azo groups is 1. The van der Waals surface area contributed by atoms with Crippen LogP contribution < -0.4 is 5.73 Å². The van der Waals surface area contributed by atoms with Gasteiger partial charge in [-0.1, -0.05) is 25.1 Å². The number of nitrogens with two attached hydrogens (primary N) is 1. The third kappa shape index (κ3) is 3.95. The molecule has 2 N–H and O–H groups in total. The van der Waals surface area contributed by atoms with Crippen LogP contribution in [0.2, 0.25) is 0 Å². The average molecular weight is 405 g/mol. The molecule has 2 aliphatic rings. The molecule has 2 aromatic carbocycles. The van der Waals surface area contributed by atoms with Crippen molar-refractivity contribution in [1.29, 1.82) is 0 Å². The van der Waals surface area contributed by atoms with Crippen molar-refractivity contribution in [3.8, 4) is 11.1 Å². The van der Waals surface area contributed by atoms with Crippen LogP contribution in [-0.4, -0.2) is 17.9 Å². The minimum atomic E-state index is -0.546. The molecule has 0 saturated carbocycles. The normalized spacial score (nSPS) is 19.5. The fourth-order valence-electron chi connectivity index (χ4n) is 4.36. The fourth-order valence-corrected chi connectivity index (χ4v) is 4.36. The van der Waals surface area contributed by atoms with Gasteiger partial charge in [0.05, 0.1) is 6.04 Å². The molecule has 6 heteroatoms. The minimum Gasteiger partial charge on any atom is -0.366 e. The van der Waals surface area contributed by atoms with Crippen LogP contribution in [0.4, 0.5) is 4.39 Å². The zero-order valence-electron chi connectivity index (χ0n) is 16.9. The standard InChI is InChI=1S/C24H24FN3O2/c1-14(11-22-18-7-2-3-8-19(18)24(30)28-27-22)15-9-10-21(25)20(13-15)16-5-4-6-17(12-16)23(26)29/h4-6,9-10,12-14,22H,2-3,7-8,11H2,1H3,(H2,26,29). The van der Waals surface area contributed by atoms with Gasteiger partial charge < -0.3 is 5.73 Å². The third-order valence-electron chi connectivity index (χ3n) is 6.05. The Morgan fingerprint density at radius 1 is 1.20 bits per heavy atom. The molecule has 0 radical (unpaired) electrons. The maximum Gasteiger partial charge on any atom is 0.291 e. The van der Waals surface area contributed by atoms with Gasteiger partial charge in [0.25, 0.3) is 5.91 Å². The van der Waals surface area contributed by atoms with E-state index in [-0.39, 0.29) is 23.7 Å². The van der Waals surface area contributed by atoms with Gasteiger partial charge in [-0.2, -0.15) is 5.11 Å². The Hall–Kier alpha value is -3.15. The number of benzene rings is 2. The van der Waals surface area contributed by atoms with Crippen LogP contribution in [0, 0.1) is 5.82 Å². The summed E-state index contributed by atoms with van der Waals surface area (Å²) in [7, 11) is 0. The van der Waals surface area contributed by atoms with Crippen molar-refractivity contribution in [3.05, 3.63) is 70.6 Å². The number of rotatable bonds is 5. The molecular formula is C24H24FN3O2. The largest absolute Gasteiger partial charge is 0.366 e. The summed E-state index contributed by atoms with van der Waals surface area (Å²) in [6.07, 6.45) is 4.49. The molecule has 0 aromatic heterocycles. The maximum atomic E-state index is 14.6. The maximum absolute atomic E-state index is 14.6. The monoisotopic (exact) mass is 405 g/mol. The number of carbonyl (C=O) groups is 2. The third-order valence-corrected chi connectivity index (χ3v) is 6.05. The molecule has 1 heterocycles. The molecular weight excluding hydrogens is 381 g/mol. The molecule has 2 amide bonds. The lowest BCUT2D eigenvalue weighted by Gasteiger charge is -2.27. The number of nitrogens with zero attached hydrogens (tertiary/aromatic N) is 2. The van der Waals surface area contributed by atoms with Gasteiger partial charge in [0.15, 0.2) is 0 Å².